The molecule has 1 amide bonds. The molecule has 1 saturated heterocycles. The van der Waals surface area contributed by atoms with Gasteiger partial charge in [0.05, 0.1) is 17.5 Å². The van der Waals surface area contributed by atoms with Gasteiger partial charge in [-0.15, -0.1) is 10.1 Å². The number of thiol groups is 1. The molecule has 3 aromatic rings. The van der Waals surface area contributed by atoms with Crippen molar-refractivity contribution in [2.75, 3.05) is 29.5 Å². The number of pyridine rings is 1. The first-order valence-corrected chi connectivity index (χ1v) is 15.9. The van der Waals surface area contributed by atoms with Gasteiger partial charge in [-0.2, -0.15) is 10.4 Å². The predicted molar refractivity (Wildman–Crippen MR) is 155 cm³/mol. The summed E-state index contributed by atoms with van der Waals surface area (Å²) in [6.07, 6.45) is 4.85. The van der Waals surface area contributed by atoms with Crippen molar-refractivity contribution in [1.29, 1.82) is 10.0 Å². The molecule has 0 bridgehead atoms. The van der Waals surface area contributed by atoms with E-state index in [9.17, 15) is 19.0 Å². The maximum absolute atomic E-state index is 14.9. The quantitative estimate of drug-likeness (QED) is 0.323. The maximum Gasteiger partial charge on any atom is 0.224 e. The van der Waals surface area contributed by atoms with Gasteiger partial charge >= 0.3 is 0 Å². The number of anilines is 1. The van der Waals surface area contributed by atoms with Crippen LogP contribution in [0.25, 0.3) is 16.9 Å². The lowest BCUT2D eigenvalue weighted by Gasteiger charge is -2.36. The van der Waals surface area contributed by atoms with Gasteiger partial charge in [0.15, 0.2) is 11.6 Å². The highest BCUT2D eigenvalue weighted by molar-refractivity contribution is 7.98. The van der Waals surface area contributed by atoms with Crippen LogP contribution in [0.3, 0.4) is 0 Å². The minimum atomic E-state index is -2.53. The summed E-state index contributed by atoms with van der Waals surface area (Å²) in [7, 11) is -2.53. The molecule has 3 N–H and O–H groups in total. The zero-order valence-corrected chi connectivity index (χ0v) is 23.7. The van der Waals surface area contributed by atoms with Crippen LogP contribution in [0.5, 0.6) is 0 Å². The van der Waals surface area contributed by atoms with Crippen molar-refractivity contribution in [3.8, 4) is 23.0 Å². The van der Waals surface area contributed by atoms with E-state index in [1.54, 1.807) is 17.7 Å². The molecule has 3 atom stereocenters. The second-order valence-corrected chi connectivity index (χ2v) is 13.6. The number of carbonyl (C=O) groups excluding carboxylic acids is 1. The molecule has 0 spiro atoms. The van der Waals surface area contributed by atoms with Crippen molar-refractivity contribution in [1.82, 2.24) is 20.1 Å². The summed E-state index contributed by atoms with van der Waals surface area (Å²) in [6.45, 7) is 4.86. The second kappa shape index (κ2) is 11.5. The number of aromatic nitrogens is 3. The fraction of sp³-hybridized carbons (Fsp3) is 0.448. The number of nitrogens with zero attached hydrogens (tertiary/aromatic N) is 5. The van der Waals surface area contributed by atoms with Gasteiger partial charge in [0.25, 0.3) is 0 Å². The Bertz CT molecular complexity index is 1470. The summed E-state index contributed by atoms with van der Waals surface area (Å²) in [5, 5.41) is 17.0. The minimum Gasteiger partial charge on any atom is -0.370 e. The first kappa shape index (κ1) is 27.9. The molecule has 9 nitrogen and oxygen atoms in total. The van der Waals surface area contributed by atoms with Crippen molar-refractivity contribution in [3.63, 3.8) is 0 Å². The molecule has 5 rings (SSSR count). The number of nitriles is 1. The molecule has 0 radical (unpaired) electrons. The third-order valence-electron chi connectivity index (χ3n) is 8.09. The Morgan fingerprint density at radius 3 is 2.60 bits per heavy atom. The van der Waals surface area contributed by atoms with Crippen LogP contribution < -0.4 is 10.2 Å². The van der Waals surface area contributed by atoms with Crippen molar-refractivity contribution >= 4 is 21.7 Å². The molecule has 3 heterocycles. The lowest BCUT2D eigenvalue weighted by Crippen LogP contribution is -2.42. The molecule has 1 aromatic carbocycles. The standard InChI is InChI=1S/C29H36FN7O2S/c1-19(18-31)34-29(38)24-7-4-3-6-23(24)27-26(20(2)37(35-27)28-25(30)8-5-13-33-28)21-9-11-22(12-10-21)36-14-16-40(32,39)17-15-36/h5,8-13,19,23-24,40H,3-4,6-7,14-17H2,1-2H3,(H2,32,39)(H,34,38)/t19-,23+,24+/m0/s1. The SMILES string of the molecule is Cc1c(-c2ccc(N3CC[SH](=N)(O)CC3)cc2)c([C@@H]2CCCC[C@H]2C(=O)N[C@@H](C)C#N)nn1-c1ncccc1F. The predicted octanol–water partition coefficient (Wildman–Crippen LogP) is 4.63. The fourth-order valence-corrected chi connectivity index (χ4v) is 7.27. The summed E-state index contributed by atoms with van der Waals surface area (Å²) in [5.41, 5.74) is 4.26. The number of halogens is 1. The number of amides is 1. The molecular formula is C29H36FN7O2S. The molecule has 212 valence electrons. The van der Waals surface area contributed by atoms with Gasteiger partial charge in [0, 0.05) is 53.9 Å². The van der Waals surface area contributed by atoms with Gasteiger partial charge < -0.3 is 14.8 Å². The first-order valence-electron chi connectivity index (χ1n) is 13.8. The normalized spacial score (nSPS) is 22.2. The van der Waals surface area contributed by atoms with E-state index >= 15 is 0 Å². The van der Waals surface area contributed by atoms with Gasteiger partial charge in [-0.05, 0) is 56.5 Å². The monoisotopic (exact) mass is 565 g/mol. The Balaban J connectivity index is 1.56. The van der Waals surface area contributed by atoms with Crippen LogP contribution >= 0.6 is 0 Å². The molecule has 0 unspecified atom stereocenters. The Hall–Kier alpha value is -3.62. The van der Waals surface area contributed by atoms with E-state index in [0.717, 1.165) is 47.5 Å². The van der Waals surface area contributed by atoms with Gasteiger partial charge in [0.2, 0.25) is 5.91 Å². The molecule has 40 heavy (non-hydrogen) atoms. The number of hydrogen-bond acceptors (Lipinski definition) is 6. The smallest absolute Gasteiger partial charge is 0.224 e. The number of carbonyl (C=O) groups is 1. The van der Waals surface area contributed by atoms with E-state index in [-0.39, 0.29) is 23.6 Å². The summed E-state index contributed by atoms with van der Waals surface area (Å²) >= 11 is 0. The largest absolute Gasteiger partial charge is 0.370 e. The van der Waals surface area contributed by atoms with Crippen LogP contribution in [0.1, 0.15) is 49.9 Å². The highest BCUT2D eigenvalue weighted by atomic mass is 32.3. The topological polar surface area (TPSA) is 131 Å². The highest BCUT2D eigenvalue weighted by Crippen LogP contribution is 2.43. The Labute approximate surface area is 235 Å². The fourth-order valence-electron chi connectivity index (χ4n) is 5.90. The average molecular weight is 566 g/mol. The Morgan fingerprint density at radius 1 is 1.23 bits per heavy atom. The average Bonchev–Trinajstić information content (AvgIpc) is 3.29. The zero-order chi connectivity index (χ0) is 28.4. The molecule has 11 heteroatoms. The van der Waals surface area contributed by atoms with Gasteiger partial charge in [-0.3, -0.25) is 9.57 Å². The summed E-state index contributed by atoms with van der Waals surface area (Å²) in [5.74, 6) is -0.0749. The zero-order valence-electron chi connectivity index (χ0n) is 22.8. The maximum atomic E-state index is 14.9. The van der Waals surface area contributed by atoms with Crippen LogP contribution in [0.4, 0.5) is 10.1 Å². The van der Waals surface area contributed by atoms with Gasteiger partial charge in [-0.1, -0.05) is 25.0 Å². The summed E-state index contributed by atoms with van der Waals surface area (Å²) in [6, 6.07) is 12.5. The molecule has 1 aliphatic heterocycles. The van der Waals surface area contributed by atoms with Crippen molar-refractivity contribution in [2.45, 2.75) is 51.5 Å². The van der Waals surface area contributed by atoms with E-state index in [1.165, 1.54) is 12.3 Å². The van der Waals surface area contributed by atoms with Crippen LogP contribution in [0.2, 0.25) is 0 Å². The highest BCUT2D eigenvalue weighted by Gasteiger charge is 2.37. The molecule has 2 fully saturated rings. The van der Waals surface area contributed by atoms with Crippen molar-refractivity contribution in [2.24, 2.45) is 5.92 Å². The minimum absolute atomic E-state index is 0.110. The molecule has 2 aliphatic rings. The van der Waals surface area contributed by atoms with Crippen LogP contribution in [-0.2, 0) is 14.9 Å². The second-order valence-electron chi connectivity index (χ2n) is 10.8. The van der Waals surface area contributed by atoms with Gasteiger partial charge in [-0.25, -0.2) is 14.1 Å². The van der Waals surface area contributed by atoms with E-state index in [4.69, 9.17) is 9.88 Å². The summed E-state index contributed by atoms with van der Waals surface area (Å²) < 4.78 is 34.6. The van der Waals surface area contributed by atoms with Gasteiger partial charge in [0.1, 0.15) is 6.04 Å². The van der Waals surface area contributed by atoms with E-state index in [0.29, 0.717) is 31.0 Å². The van der Waals surface area contributed by atoms with E-state index in [2.05, 4.69) is 21.3 Å². The van der Waals surface area contributed by atoms with E-state index in [1.807, 2.05) is 31.2 Å². The Morgan fingerprint density at radius 2 is 1.93 bits per heavy atom. The van der Waals surface area contributed by atoms with Crippen molar-refractivity contribution < 1.29 is 13.7 Å². The number of rotatable bonds is 6. The Kier molecular flexibility index (Phi) is 8.01. The third kappa shape index (κ3) is 5.64. The third-order valence-corrected chi connectivity index (χ3v) is 9.97. The molecule has 1 aliphatic carbocycles. The van der Waals surface area contributed by atoms with Crippen LogP contribution in [-0.4, -0.2) is 55.9 Å². The molecule has 1 saturated carbocycles. The number of benzene rings is 1. The number of nitrogens with one attached hydrogen (secondary N) is 2. The lowest BCUT2D eigenvalue weighted by atomic mass is 9.75. The molecular weight excluding hydrogens is 529 g/mol. The first-order chi connectivity index (χ1) is 19.2. The lowest BCUT2D eigenvalue weighted by molar-refractivity contribution is -0.126. The number of hydrogen-bond donors (Lipinski definition) is 4. The van der Waals surface area contributed by atoms with Crippen LogP contribution in [0, 0.1) is 34.8 Å². The van der Waals surface area contributed by atoms with Crippen molar-refractivity contribution in [3.05, 3.63) is 59.8 Å². The van der Waals surface area contributed by atoms with Crippen LogP contribution in [0.15, 0.2) is 42.6 Å². The molecule has 2 aromatic heterocycles. The summed E-state index contributed by atoms with van der Waals surface area (Å²) in [4.78, 5) is 19.7. The van der Waals surface area contributed by atoms with E-state index < -0.39 is 22.0 Å².